The Morgan fingerprint density at radius 1 is 0.929 bits per heavy atom. The van der Waals surface area contributed by atoms with Crippen LogP contribution in [-0.4, -0.2) is 28.8 Å². The molecule has 0 N–H and O–H groups in total. The van der Waals surface area contributed by atoms with Gasteiger partial charge in [0.15, 0.2) is 17.1 Å². The molecule has 4 rings (SSSR count). The lowest BCUT2D eigenvalue weighted by Crippen LogP contribution is -1.97. The molecule has 6 heteroatoms. The predicted octanol–water partition coefficient (Wildman–Crippen LogP) is 4.78. The maximum absolute atomic E-state index is 13.4. The molecule has 0 atom stereocenters. The molecular formula is C22H20FN3O2. The average Bonchev–Trinajstić information content (AvgIpc) is 3.12. The smallest absolute Gasteiger partial charge is 0.163 e. The maximum atomic E-state index is 13.4. The molecule has 2 aromatic carbocycles. The second kappa shape index (κ2) is 7.31. The first-order valence-corrected chi connectivity index (χ1v) is 9.01. The Labute approximate surface area is 162 Å². The summed E-state index contributed by atoms with van der Waals surface area (Å²) in [6.45, 7) is 2.05. The number of fused-ring (bicyclic) bond motifs is 1. The number of rotatable bonds is 5. The van der Waals surface area contributed by atoms with Crippen LogP contribution in [-0.2, 0) is 6.42 Å². The molecule has 0 unspecified atom stereocenters. The molecule has 4 aromatic rings. The van der Waals surface area contributed by atoms with E-state index in [0.29, 0.717) is 11.5 Å². The fraction of sp³-hybridized carbons (Fsp3) is 0.182. The molecule has 0 aliphatic carbocycles. The quantitative estimate of drug-likeness (QED) is 0.502. The van der Waals surface area contributed by atoms with Gasteiger partial charge < -0.3 is 9.47 Å². The number of nitrogens with zero attached hydrogens (tertiary/aromatic N) is 3. The van der Waals surface area contributed by atoms with Gasteiger partial charge in [0.05, 0.1) is 25.6 Å². The first-order chi connectivity index (χ1) is 13.7. The van der Waals surface area contributed by atoms with Crippen molar-refractivity contribution < 1.29 is 13.9 Å². The van der Waals surface area contributed by atoms with Gasteiger partial charge in [-0.05, 0) is 48.4 Å². The van der Waals surface area contributed by atoms with Gasteiger partial charge in [-0.1, -0.05) is 19.1 Å². The molecule has 142 valence electrons. The molecule has 0 radical (unpaired) electrons. The van der Waals surface area contributed by atoms with E-state index in [1.165, 1.54) is 12.1 Å². The van der Waals surface area contributed by atoms with Crippen LogP contribution in [0.5, 0.6) is 11.5 Å². The van der Waals surface area contributed by atoms with Crippen molar-refractivity contribution in [1.29, 1.82) is 0 Å². The third kappa shape index (κ3) is 2.97. The first-order valence-electron chi connectivity index (χ1n) is 9.01. The molecule has 2 heterocycles. The zero-order valence-corrected chi connectivity index (χ0v) is 15.9. The van der Waals surface area contributed by atoms with Gasteiger partial charge in [-0.25, -0.2) is 13.9 Å². The number of aryl methyl sites for hydroxylation is 1. The molecule has 0 amide bonds. The van der Waals surface area contributed by atoms with Crippen molar-refractivity contribution in [3.8, 4) is 33.9 Å². The van der Waals surface area contributed by atoms with E-state index < -0.39 is 0 Å². The van der Waals surface area contributed by atoms with Gasteiger partial charge in [0.1, 0.15) is 5.82 Å². The van der Waals surface area contributed by atoms with Gasteiger partial charge in [-0.15, -0.1) is 0 Å². The molecule has 5 nitrogen and oxygen atoms in total. The summed E-state index contributed by atoms with van der Waals surface area (Å²) in [5.41, 5.74) is 5.27. The minimum absolute atomic E-state index is 0.266. The van der Waals surface area contributed by atoms with Crippen molar-refractivity contribution >= 4 is 5.65 Å². The van der Waals surface area contributed by atoms with E-state index in [-0.39, 0.29) is 5.82 Å². The Hall–Kier alpha value is -3.41. The van der Waals surface area contributed by atoms with Crippen LogP contribution in [0, 0.1) is 5.82 Å². The van der Waals surface area contributed by atoms with Gasteiger partial charge in [0.2, 0.25) is 0 Å². The second-order valence-electron chi connectivity index (χ2n) is 6.32. The van der Waals surface area contributed by atoms with E-state index in [0.717, 1.165) is 40.1 Å². The number of hydrogen-bond acceptors (Lipinski definition) is 4. The summed E-state index contributed by atoms with van der Waals surface area (Å²) in [4.78, 5) is 4.56. The van der Waals surface area contributed by atoms with Crippen molar-refractivity contribution in [2.45, 2.75) is 13.3 Å². The zero-order chi connectivity index (χ0) is 19.7. The first kappa shape index (κ1) is 18.0. The van der Waals surface area contributed by atoms with Crippen molar-refractivity contribution in [1.82, 2.24) is 14.6 Å². The summed E-state index contributed by atoms with van der Waals surface area (Å²) in [5, 5.41) is 4.79. The molecular weight excluding hydrogens is 357 g/mol. The zero-order valence-electron chi connectivity index (χ0n) is 15.9. The molecule has 28 heavy (non-hydrogen) atoms. The third-order valence-electron chi connectivity index (χ3n) is 4.74. The standard InChI is InChI=1S/C22H20FN3O2/c1-4-17-21(14-5-8-16(23)9-6-14)22-24-12-11-18(26(22)25-17)15-7-10-19(27-2)20(13-15)28-3/h5-13H,4H2,1-3H3. The Morgan fingerprint density at radius 2 is 1.64 bits per heavy atom. The monoisotopic (exact) mass is 377 g/mol. The normalized spacial score (nSPS) is 11.0. The Kier molecular flexibility index (Phi) is 4.69. The van der Waals surface area contributed by atoms with E-state index in [1.54, 1.807) is 32.5 Å². The molecule has 0 fully saturated rings. The average molecular weight is 377 g/mol. The van der Waals surface area contributed by atoms with Crippen molar-refractivity contribution in [2.24, 2.45) is 0 Å². The molecule has 0 saturated heterocycles. The predicted molar refractivity (Wildman–Crippen MR) is 106 cm³/mol. The van der Waals surface area contributed by atoms with Crippen molar-refractivity contribution in [3.63, 3.8) is 0 Å². The van der Waals surface area contributed by atoms with Crippen LogP contribution < -0.4 is 9.47 Å². The van der Waals surface area contributed by atoms with E-state index in [1.807, 2.05) is 35.7 Å². The fourth-order valence-electron chi connectivity index (χ4n) is 3.36. The summed E-state index contributed by atoms with van der Waals surface area (Å²) in [7, 11) is 3.22. The van der Waals surface area contributed by atoms with Crippen LogP contribution in [0.15, 0.2) is 54.7 Å². The van der Waals surface area contributed by atoms with Crippen LogP contribution in [0.1, 0.15) is 12.6 Å². The number of hydrogen-bond donors (Lipinski definition) is 0. The summed E-state index contributed by atoms with van der Waals surface area (Å²) in [6, 6.07) is 14.1. The van der Waals surface area contributed by atoms with Crippen LogP contribution >= 0.6 is 0 Å². The van der Waals surface area contributed by atoms with E-state index >= 15 is 0 Å². The Morgan fingerprint density at radius 3 is 2.32 bits per heavy atom. The second-order valence-corrected chi connectivity index (χ2v) is 6.32. The number of methoxy groups -OCH3 is 2. The molecule has 0 saturated carbocycles. The van der Waals surface area contributed by atoms with E-state index in [2.05, 4.69) is 4.98 Å². The van der Waals surface area contributed by atoms with Crippen molar-refractivity contribution in [3.05, 3.63) is 66.2 Å². The molecule has 0 spiro atoms. The highest BCUT2D eigenvalue weighted by molar-refractivity contribution is 5.81. The maximum Gasteiger partial charge on any atom is 0.163 e. The molecule has 0 bridgehead atoms. The topological polar surface area (TPSA) is 48.7 Å². The highest BCUT2D eigenvalue weighted by Gasteiger charge is 2.18. The highest BCUT2D eigenvalue weighted by atomic mass is 19.1. The largest absolute Gasteiger partial charge is 0.493 e. The van der Waals surface area contributed by atoms with Crippen LogP contribution in [0.4, 0.5) is 4.39 Å². The number of benzene rings is 2. The SMILES string of the molecule is CCc1nn2c(-c3ccc(OC)c(OC)c3)ccnc2c1-c1ccc(F)cc1. The van der Waals surface area contributed by atoms with Gasteiger partial charge in [-0.3, -0.25) is 0 Å². The van der Waals surface area contributed by atoms with Crippen LogP contribution in [0.2, 0.25) is 0 Å². The summed E-state index contributed by atoms with van der Waals surface area (Å²) in [5.74, 6) is 1.04. The van der Waals surface area contributed by atoms with Gasteiger partial charge in [-0.2, -0.15) is 5.10 Å². The summed E-state index contributed by atoms with van der Waals surface area (Å²) < 4.78 is 26.0. The van der Waals surface area contributed by atoms with Crippen LogP contribution in [0.3, 0.4) is 0 Å². The number of halogens is 1. The van der Waals surface area contributed by atoms with Crippen molar-refractivity contribution in [2.75, 3.05) is 14.2 Å². The third-order valence-corrected chi connectivity index (χ3v) is 4.74. The molecule has 2 aromatic heterocycles. The summed E-state index contributed by atoms with van der Waals surface area (Å²) in [6.07, 6.45) is 2.50. The lowest BCUT2D eigenvalue weighted by atomic mass is 10.0. The van der Waals surface area contributed by atoms with Gasteiger partial charge in [0, 0.05) is 17.3 Å². The summed E-state index contributed by atoms with van der Waals surface area (Å²) >= 11 is 0. The Bertz CT molecular complexity index is 1140. The lowest BCUT2D eigenvalue weighted by molar-refractivity contribution is 0.355. The van der Waals surface area contributed by atoms with Crippen LogP contribution in [0.25, 0.3) is 28.0 Å². The number of aromatic nitrogens is 3. The minimum Gasteiger partial charge on any atom is -0.493 e. The minimum atomic E-state index is -0.266. The fourth-order valence-corrected chi connectivity index (χ4v) is 3.36. The van der Waals surface area contributed by atoms with Gasteiger partial charge in [0.25, 0.3) is 0 Å². The number of ether oxygens (including phenoxy) is 2. The molecule has 0 aliphatic heterocycles. The van der Waals surface area contributed by atoms with E-state index in [9.17, 15) is 4.39 Å². The highest BCUT2D eigenvalue weighted by Crippen LogP contribution is 2.34. The van der Waals surface area contributed by atoms with E-state index in [4.69, 9.17) is 14.6 Å². The lowest BCUT2D eigenvalue weighted by Gasteiger charge is -2.10. The Balaban J connectivity index is 1.94. The molecule has 0 aliphatic rings. The van der Waals surface area contributed by atoms with Gasteiger partial charge >= 0.3 is 0 Å².